The van der Waals surface area contributed by atoms with E-state index >= 15 is 0 Å². The molecule has 2 aromatic heterocycles. The van der Waals surface area contributed by atoms with Gasteiger partial charge in [0, 0.05) is 37.9 Å². The van der Waals surface area contributed by atoms with Crippen molar-refractivity contribution in [2.24, 2.45) is 0 Å². The lowest BCUT2D eigenvalue weighted by Crippen LogP contribution is -2.17. The lowest BCUT2D eigenvalue weighted by Gasteiger charge is -2.12. The summed E-state index contributed by atoms with van der Waals surface area (Å²) in [6.45, 7) is 5.14. The number of ether oxygens (including phenoxy) is 1. The lowest BCUT2D eigenvalue weighted by atomic mass is 10.1. The highest BCUT2D eigenvalue weighted by Crippen LogP contribution is 2.39. The molecule has 0 atom stereocenters. The molecule has 2 aromatic carbocycles. The highest BCUT2D eigenvalue weighted by Gasteiger charge is 2.26. The van der Waals surface area contributed by atoms with E-state index in [0.29, 0.717) is 40.9 Å². The number of methoxy groups -OCH3 is 1. The van der Waals surface area contributed by atoms with Gasteiger partial charge in [-0.1, -0.05) is 19.9 Å². The standard InChI is InChI=1S/C26H26F3N5O3S2/c1-15(2)25-33-22(23(38-25)20-10-12-31-26(32-20)30-11-5-13-37-3)16-8-9-17(27)21(14-16)34-39(35,36)24-18(28)6-4-7-19(24)29/h4,6-10,12,14-15,34H,5,11,13H2,1-3H3,(H,30,31,32). The number of nitrogens with zero attached hydrogens (tertiary/aromatic N) is 3. The van der Waals surface area contributed by atoms with Gasteiger partial charge in [0.15, 0.2) is 4.90 Å². The van der Waals surface area contributed by atoms with Crippen molar-refractivity contribution in [3.8, 4) is 21.8 Å². The molecular formula is C26H26F3N5O3S2. The van der Waals surface area contributed by atoms with Crippen molar-refractivity contribution in [1.82, 2.24) is 15.0 Å². The fraction of sp³-hybridized carbons (Fsp3) is 0.269. The second kappa shape index (κ2) is 12.1. The van der Waals surface area contributed by atoms with Gasteiger partial charge in [0.25, 0.3) is 10.0 Å². The van der Waals surface area contributed by atoms with E-state index in [9.17, 15) is 21.6 Å². The summed E-state index contributed by atoms with van der Waals surface area (Å²) in [5.74, 6) is -3.04. The summed E-state index contributed by atoms with van der Waals surface area (Å²) in [5.41, 5.74) is 0.918. The Bertz CT molecular complexity index is 1560. The second-order valence-electron chi connectivity index (χ2n) is 8.77. The minimum Gasteiger partial charge on any atom is -0.385 e. The van der Waals surface area contributed by atoms with Gasteiger partial charge >= 0.3 is 0 Å². The molecular weight excluding hydrogens is 551 g/mol. The van der Waals surface area contributed by atoms with Gasteiger partial charge in [0.05, 0.1) is 27.0 Å². The first-order valence-electron chi connectivity index (χ1n) is 11.9. The molecule has 2 heterocycles. The van der Waals surface area contributed by atoms with Crippen LogP contribution < -0.4 is 10.0 Å². The predicted octanol–water partition coefficient (Wildman–Crippen LogP) is 6.06. The molecule has 0 spiro atoms. The fourth-order valence-electron chi connectivity index (χ4n) is 3.63. The van der Waals surface area contributed by atoms with E-state index in [0.717, 1.165) is 35.7 Å². The van der Waals surface area contributed by atoms with Gasteiger partial charge in [-0.3, -0.25) is 4.72 Å². The number of hydrogen-bond acceptors (Lipinski definition) is 8. The Morgan fingerprint density at radius 1 is 1.03 bits per heavy atom. The molecule has 0 radical (unpaired) electrons. The minimum atomic E-state index is -4.78. The molecule has 4 aromatic rings. The van der Waals surface area contributed by atoms with Crippen LogP contribution in [0, 0.1) is 17.5 Å². The number of nitrogens with one attached hydrogen (secondary N) is 2. The number of thiazole rings is 1. The van der Waals surface area contributed by atoms with E-state index < -0.39 is 38.1 Å². The Morgan fingerprint density at radius 2 is 1.77 bits per heavy atom. The molecule has 39 heavy (non-hydrogen) atoms. The smallest absolute Gasteiger partial charge is 0.267 e. The minimum absolute atomic E-state index is 0.0680. The number of hydrogen-bond donors (Lipinski definition) is 2. The zero-order valence-electron chi connectivity index (χ0n) is 21.3. The fourth-order valence-corrected chi connectivity index (χ4v) is 5.88. The van der Waals surface area contributed by atoms with Crippen molar-refractivity contribution < 1.29 is 26.3 Å². The van der Waals surface area contributed by atoms with Crippen molar-refractivity contribution in [1.29, 1.82) is 0 Å². The summed E-state index contributed by atoms with van der Waals surface area (Å²) in [7, 11) is -3.16. The van der Waals surface area contributed by atoms with E-state index in [1.807, 2.05) is 18.6 Å². The molecule has 0 unspecified atom stereocenters. The Labute approximate surface area is 228 Å². The summed E-state index contributed by atoms with van der Waals surface area (Å²) in [6.07, 6.45) is 2.37. The maximum absolute atomic E-state index is 14.7. The molecule has 13 heteroatoms. The highest BCUT2D eigenvalue weighted by atomic mass is 32.2. The molecule has 0 saturated heterocycles. The number of anilines is 2. The number of halogens is 3. The molecule has 0 amide bonds. The van der Waals surface area contributed by atoms with Crippen LogP contribution in [0.3, 0.4) is 0 Å². The molecule has 0 aliphatic heterocycles. The first-order chi connectivity index (χ1) is 18.6. The van der Waals surface area contributed by atoms with Crippen LogP contribution >= 0.6 is 11.3 Å². The second-order valence-corrected chi connectivity index (χ2v) is 11.4. The summed E-state index contributed by atoms with van der Waals surface area (Å²) >= 11 is 1.40. The molecule has 4 rings (SSSR count). The molecule has 0 aliphatic carbocycles. The van der Waals surface area contributed by atoms with Crippen LogP contribution in [0.2, 0.25) is 0 Å². The van der Waals surface area contributed by atoms with E-state index in [4.69, 9.17) is 9.72 Å². The van der Waals surface area contributed by atoms with Gasteiger partial charge in [-0.05, 0) is 42.8 Å². The van der Waals surface area contributed by atoms with Crippen molar-refractivity contribution in [2.45, 2.75) is 31.1 Å². The van der Waals surface area contributed by atoms with E-state index in [2.05, 4.69) is 15.3 Å². The highest BCUT2D eigenvalue weighted by molar-refractivity contribution is 7.92. The Morgan fingerprint density at radius 3 is 2.46 bits per heavy atom. The van der Waals surface area contributed by atoms with Crippen LogP contribution in [0.4, 0.5) is 24.8 Å². The zero-order valence-corrected chi connectivity index (χ0v) is 23.0. The maximum atomic E-state index is 14.7. The average Bonchev–Trinajstić information content (AvgIpc) is 3.34. The largest absolute Gasteiger partial charge is 0.385 e. The van der Waals surface area contributed by atoms with Crippen LogP contribution in [-0.4, -0.2) is 43.6 Å². The van der Waals surface area contributed by atoms with Crippen LogP contribution in [0.1, 0.15) is 31.2 Å². The summed E-state index contributed by atoms with van der Waals surface area (Å²) in [6, 6.07) is 8.11. The first kappa shape index (κ1) is 28.5. The Hall–Kier alpha value is -3.55. The first-order valence-corrected chi connectivity index (χ1v) is 14.2. The normalized spacial score (nSPS) is 11.7. The molecule has 2 N–H and O–H groups in total. The van der Waals surface area contributed by atoms with Gasteiger partial charge in [-0.15, -0.1) is 11.3 Å². The van der Waals surface area contributed by atoms with E-state index in [1.54, 1.807) is 19.4 Å². The Kier molecular flexibility index (Phi) is 8.83. The monoisotopic (exact) mass is 577 g/mol. The molecule has 206 valence electrons. The van der Waals surface area contributed by atoms with Gasteiger partial charge in [-0.2, -0.15) is 0 Å². The summed E-state index contributed by atoms with van der Waals surface area (Å²) in [4.78, 5) is 13.0. The maximum Gasteiger partial charge on any atom is 0.267 e. The molecule has 0 fully saturated rings. The third-order valence-corrected chi connectivity index (χ3v) is 8.30. The zero-order chi connectivity index (χ0) is 28.2. The van der Waals surface area contributed by atoms with Gasteiger partial charge < -0.3 is 10.1 Å². The lowest BCUT2D eigenvalue weighted by molar-refractivity contribution is 0.197. The van der Waals surface area contributed by atoms with Gasteiger partial charge in [0.1, 0.15) is 17.5 Å². The van der Waals surface area contributed by atoms with Crippen LogP contribution in [0.15, 0.2) is 53.6 Å². The number of benzene rings is 2. The molecule has 8 nitrogen and oxygen atoms in total. The quantitative estimate of drug-likeness (QED) is 0.209. The van der Waals surface area contributed by atoms with Crippen molar-refractivity contribution in [3.05, 3.63) is 71.1 Å². The van der Waals surface area contributed by atoms with Crippen LogP contribution in [0.5, 0.6) is 0 Å². The van der Waals surface area contributed by atoms with Gasteiger partial charge in [0.2, 0.25) is 5.95 Å². The van der Waals surface area contributed by atoms with Crippen LogP contribution in [-0.2, 0) is 14.8 Å². The number of aromatic nitrogens is 3. The topological polar surface area (TPSA) is 106 Å². The van der Waals surface area contributed by atoms with Crippen LogP contribution in [0.25, 0.3) is 21.8 Å². The average molecular weight is 578 g/mol. The molecule has 0 aliphatic rings. The summed E-state index contributed by atoms with van der Waals surface area (Å²) in [5, 5.41) is 3.93. The predicted molar refractivity (Wildman–Crippen MR) is 145 cm³/mol. The van der Waals surface area contributed by atoms with E-state index in [1.165, 1.54) is 23.5 Å². The van der Waals surface area contributed by atoms with Crippen molar-refractivity contribution >= 4 is 33.0 Å². The van der Waals surface area contributed by atoms with Crippen molar-refractivity contribution in [3.63, 3.8) is 0 Å². The van der Waals surface area contributed by atoms with Gasteiger partial charge in [-0.25, -0.2) is 36.5 Å². The molecule has 0 bridgehead atoms. The SMILES string of the molecule is COCCCNc1nccc(-c2sc(C(C)C)nc2-c2ccc(F)c(NS(=O)(=O)c3c(F)cccc3F)c2)n1. The third-order valence-electron chi connectivity index (χ3n) is 5.51. The summed E-state index contributed by atoms with van der Waals surface area (Å²) < 4.78 is 75.7. The number of rotatable bonds is 11. The van der Waals surface area contributed by atoms with Crippen molar-refractivity contribution in [2.75, 3.05) is 30.3 Å². The number of sulfonamides is 1. The molecule has 0 saturated carbocycles. The third kappa shape index (κ3) is 6.54. The van der Waals surface area contributed by atoms with E-state index in [-0.39, 0.29) is 5.92 Å². The Balaban J connectivity index is 1.73.